The SMILES string of the molecule is CNC(=O)c1ccc(Cl)c(NC(=O)[C@@H](C)N)c1. The lowest BCUT2D eigenvalue weighted by Gasteiger charge is -2.10. The van der Waals surface area contributed by atoms with Crippen molar-refractivity contribution in [2.75, 3.05) is 12.4 Å². The summed E-state index contributed by atoms with van der Waals surface area (Å²) in [7, 11) is 1.52. The van der Waals surface area contributed by atoms with Crippen LogP contribution in [0.2, 0.25) is 5.02 Å². The summed E-state index contributed by atoms with van der Waals surface area (Å²) in [6.07, 6.45) is 0. The molecule has 0 radical (unpaired) electrons. The van der Waals surface area contributed by atoms with Crippen molar-refractivity contribution in [2.45, 2.75) is 13.0 Å². The number of hydrogen-bond donors (Lipinski definition) is 3. The number of nitrogens with one attached hydrogen (secondary N) is 2. The van der Waals surface area contributed by atoms with Crippen molar-refractivity contribution < 1.29 is 9.59 Å². The van der Waals surface area contributed by atoms with Gasteiger partial charge in [0.2, 0.25) is 5.91 Å². The van der Waals surface area contributed by atoms with Crippen LogP contribution in [-0.2, 0) is 4.79 Å². The Balaban J connectivity index is 2.99. The zero-order valence-corrected chi connectivity index (χ0v) is 10.3. The van der Waals surface area contributed by atoms with Gasteiger partial charge in [-0.1, -0.05) is 11.6 Å². The van der Waals surface area contributed by atoms with Gasteiger partial charge in [-0.05, 0) is 25.1 Å². The first kappa shape index (κ1) is 13.5. The Labute approximate surface area is 104 Å². The molecule has 2 amide bonds. The van der Waals surface area contributed by atoms with Gasteiger partial charge in [0.25, 0.3) is 5.91 Å². The Morgan fingerprint density at radius 1 is 1.41 bits per heavy atom. The summed E-state index contributed by atoms with van der Waals surface area (Å²) >= 11 is 5.91. The molecule has 92 valence electrons. The molecule has 0 bridgehead atoms. The van der Waals surface area contributed by atoms with Crippen LogP contribution in [0.15, 0.2) is 18.2 Å². The number of anilines is 1. The number of carbonyl (C=O) groups excluding carboxylic acids is 2. The number of hydrogen-bond acceptors (Lipinski definition) is 3. The summed E-state index contributed by atoms with van der Waals surface area (Å²) in [6, 6.07) is 3.97. The molecule has 17 heavy (non-hydrogen) atoms. The number of benzene rings is 1. The van der Waals surface area contributed by atoms with E-state index in [1.54, 1.807) is 19.1 Å². The molecule has 6 heteroatoms. The van der Waals surface area contributed by atoms with Crippen molar-refractivity contribution in [1.82, 2.24) is 5.32 Å². The number of halogens is 1. The Morgan fingerprint density at radius 2 is 2.06 bits per heavy atom. The van der Waals surface area contributed by atoms with Crippen LogP contribution in [0, 0.1) is 0 Å². The summed E-state index contributed by atoms with van der Waals surface area (Å²) in [5.41, 5.74) is 6.21. The zero-order valence-electron chi connectivity index (χ0n) is 9.58. The predicted molar refractivity (Wildman–Crippen MR) is 67.1 cm³/mol. The van der Waals surface area contributed by atoms with E-state index in [0.717, 1.165) is 0 Å². The van der Waals surface area contributed by atoms with Crippen LogP contribution in [0.5, 0.6) is 0 Å². The maximum absolute atomic E-state index is 11.4. The van der Waals surface area contributed by atoms with Gasteiger partial charge < -0.3 is 16.4 Å². The highest BCUT2D eigenvalue weighted by Gasteiger charge is 2.12. The lowest BCUT2D eigenvalue weighted by molar-refractivity contribution is -0.117. The number of nitrogens with two attached hydrogens (primary N) is 1. The van der Waals surface area contributed by atoms with Crippen molar-refractivity contribution in [3.05, 3.63) is 28.8 Å². The summed E-state index contributed by atoms with van der Waals surface area (Å²) < 4.78 is 0. The smallest absolute Gasteiger partial charge is 0.251 e. The molecule has 0 saturated heterocycles. The third kappa shape index (κ3) is 3.44. The van der Waals surface area contributed by atoms with Crippen molar-refractivity contribution in [3.8, 4) is 0 Å². The van der Waals surface area contributed by atoms with Gasteiger partial charge in [0.15, 0.2) is 0 Å². The molecule has 1 aromatic rings. The molecule has 0 aliphatic heterocycles. The Morgan fingerprint density at radius 3 is 2.59 bits per heavy atom. The van der Waals surface area contributed by atoms with Crippen molar-refractivity contribution >= 4 is 29.1 Å². The topological polar surface area (TPSA) is 84.2 Å². The van der Waals surface area contributed by atoms with E-state index in [2.05, 4.69) is 10.6 Å². The van der Waals surface area contributed by atoms with Gasteiger partial charge in [0, 0.05) is 12.6 Å². The van der Waals surface area contributed by atoms with E-state index in [-0.39, 0.29) is 11.8 Å². The molecule has 0 heterocycles. The van der Waals surface area contributed by atoms with Crippen molar-refractivity contribution in [3.63, 3.8) is 0 Å². The van der Waals surface area contributed by atoms with Crippen LogP contribution in [0.1, 0.15) is 17.3 Å². The third-order valence-corrected chi connectivity index (χ3v) is 2.46. The normalized spacial score (nSPS) is 11.8. The fraction of sp³-hybridized carbons (Fsp3) is 0.273. The second-order valence-corrected chi connectivity index (χ2v) is 3.96. The molecule has 5 nitrogen and oxygen atoms in total. The van der Waals surface area contributed by atoms with E-state index in [4.69, 9.17) is 17.3 Å². The van der Waals surface area contributed by atoms with Gasteiger partial charge >= 0.3 is 0 Å². The number of rotatable bonds is 3. The molecule has 1 atom stereocenters. The largest absolute Gasteiger partial charge is 0.355 e. The standard InChI is InChI=1S/C11H14ClN3O2/c1-6(13)10(16)15-9-5-7(11(17)14-2)3-4-8(9)12/h3-6H,13H2,1-2H3,(H,14,17)(H,15,16)/t6-/m1/s1. The first-order valence-electron chi connectivity index (χ1n) is 5.03. The molecule has 0 aromatic heterocycles. The maximum atomic E-state index is 11.4. The fourth-order valence-electron chi connectivity index (χ4n) is 1.15. The predicted octanol–water partition coefficient (Wildman–Crippen LogP) is 0.985. The first-order chi connectivity index (χ1) is 7.95. The van der Waals surface area contributed by atoms with Crippen LogP contribution < -0.4 is 16.4 Å². The molecule has 0 aliphatic rings. The lowest BCUT2D eigenvalue weighted by atomic mass is 10.2. The van der Waals surface area contributed by atoms with Gasteiger partial charge in [-0.2, -0.15) is 0 Å². The first-order valence-corrected chi connectivity index (χ1v) is 5.41. The van der Waals surface area contributed by atoms with E-state index in [1.807, 2.05) is 0 Å². The maximum Gasteiger partial charge on any atom is 0.251 e. The minimum absolute atomic E-state index is 0.252. The molecule has 0 spiro atoms. The van der Waals surface area contributed by atoms with Crippen LogP contribution in [0.3, 0.4) is 0 Å². The molecule has 1 aromatic carbocycles. The molecule has 0 aliphatic carbocycles. The Hall–Kier alpha value is -1.59. The van der Waals surface area contributed by atoms with Crippen molar-refractivity contribution in [1.29, 1.82) is 0 Å². The van der Waals surface area contributed by atoms with E-state index >= 15 is 0 Å². The average molecular weight is 256 g/mol. The van der Waals surface area contributed by atoms with Gasteiger partial charge in [-0.15, -0.1) is 0 Å². The summed E-state index contributed by atoms with van der Waals surface area (Å²) in [4.78, 5) is 22.8. The second kappa shape index (κ2) is 5.65. The highest BCUT2D eigenvalue weighted by molar-refractivity contribution is 6.34. The number of carbonyl (C=O) groups is 2. The molecule has 0 saturated carbocycles. The van der Waals surface area contributed by atoms with E-state index in [1.165, 1.54) is 13.1 Å². The van der Waals surface area contributed by atoms with Gasteiger partial charge in [0.05, 0.1) is 16.8 Å². The van der Waals surface area contributed by atoms with Crippen LogP contribution in [-0.4, -0.2) is 24.9 Å². The summed E-state index contributed by atoms with van der Waals surface area (Å²) in [5.74, 6) is -0.612. The van der Waals surface area contributed by atoms with E-state index < -0.39 is 6.04 Å². The Kier molecular flexibility index (Phi) is 4.48. The minimum Gasteiger partial charge on any atom is -0.355 e. The number of amides is 2. The van der Waals surface area contributed by atoms with Gasteiger partial charge in [-0.3, -0.25) is 9.59 Å². The molecular formula is C11H14ClN3O2. The van der Waals surface area contributed by atoms with E-state index in [0.29, 0.717) is 16.3 Å². The average Bonchev–Trinajstić information content (AvgIpc) is 2.30. The van der Waals surface area contributed by atoms with Gasteiger partial charge in [0.1, 0.15) is 0 Å². The Bertz CT molecular complexity index is 446. The van der Waals surface area contributed by atoms with Gasteiger partial charge in [-0.25, -0.2) is 0 Å². The molecule has 0 unspecified atom stereocenters. The van der Waals surface area contributed by atoms with E-state index in [9.17, 15) is 9.59 Å². The fourth-order valence-corrected chi connectivity index (χ4v) is 1.32. The molecule has 1 rings (SSSR count). The third-order valence-electron chi connectivity index (χ3n) is 2.13. The van der Waals surface area contributed by atoms with Crippen molar-refractivity contribution in [2.24, 2.45) is 5.73 Å². The molecule has 4 N–H and O–H groups in total. The zero-order chi connectivity index (χ0) is 13.0. The highest BCUT2D eigenvalue weighted by atomic mass is 35.5. The van der Waals surface area contributed by atoms with Crippen LogP contribution >= 0.6 is 11.6 Å². The van der Waals surface area contributed by atoms with Crippen LogP contribution in [0.4, 0.5) is 5.69 Å². The molecule has 0 fully saturated rings. The summed E-state index contributed by atoms with van der Waals surface area (Å²) in [6.45, 7) is 1.56. The second-order valence-electron chi connectivity index (χ2n) is 3.55. The molecular weight excluding hydrogens is 242 g/mol. The monoisotopic (exact) mass is 255 g/mol. The summed E-state index contributed by atoms with van der Waals surface area (Å²) in [5, 5.41) is 5.39. The minimum atomic E-state index is -0.644. The van der Waals surface area contributed by atoms with Crippen LogP contribution in [0.25, 0.3) is 0 Å². The lowest BCUT2D eigenvalue weighted by Crippen LogP contribution is -2.32. The highest BCUT2D eigenvalue weighted by Crippen LogP contribution is 2.23. The quantitative estimate of drug-likeness (QED) is 0.753.